The van der Waals surface area contributed by atoms with Crippen LogP contribution < -0.4 is 15.8 Å². The lowest BCUT2D eigenvalue weighted by Gasteiger charge is -2.34. The van der Waals surface area contributed by atoms with Gasteiger partial charge in [-0.25, -0.2) is 9.97 Å². The molecule has 6 nitrogen and oxygen atoms in total. The molecule has 0 amide bonds. The van der Waals surface area contributed by atoms with Gasteiger partial charge >= 0.3 is 0 Å². The number of fused-ring (bicyclic) bond motifs is 1. The van der Waals surface area contributed by atoms with E-state index in [0.717, 1.165) is 53.8 Å². The number of hydrogen-bond acceptors (Lipinski definition) is 6. The number of nitrogens with one attached hydrogen (secondary N) is 1. The van der Waals surface area contributed by atoms with Gasteiger partial charge in [-0.3, -0.25) is 0 Å². The van der Waals surface area contributed by atoms with Crippen LogP contribution in [0.15, 0.2) is 60.9 Å². The van der Waals surface area contributed by atoms with Gasteiger partial charge in [-0.15, -0.1) is 0 Å². The third-order valence-electron chi connectivity index (χ3n) is 5.69. The minimum atomic E-state index is 0.216. The number of para-hydroxylation sites is 1. The summed E-state index contributed by atoms with van der Waals surface area (Å²) in [6, 6.07) is 14.6. The zero-order valence-corrected chi connectivity index (χ0v) is 18.3. The van der Waals surface area contributed by atoms with Crippen LogP contribution in [-0.2, 0) is 6.42 Å². The Kier molecular flexibility index (Phi) is 6.37. The number of rotatable bonds is 7. The Balaban J connectivity index is 1.52. The highest BCUT2D eigenvalue weighted by molar-refractivity contribution is 5.85. The van der Waals surface area contributed by atoms with E-state index in [-0.39, 0.29) is 6.10 Å². The van der Waals surface area contributed by atoms with Crippen LogP contribution in [0.4, 0.5) is 11.6 Å². The van der Waals surface area contributed by atoms with Crippen molar-refractivity contribution in [3.8, 4) is 5.75 Å². The SMILES string of the molecule is C=C(N)Cc1cccc(Nc2ncc3cccc(OC4CCN(C(C)C)CC4)c3n2)c1. The van der Waals surface area contributed by atoms with Crippen LogP contribution in [0.1, 0.15) is 32.3 Å². The van der Waals surface area contributed by atoms with E-state index in [0.29, 0.717) is 24.1 Å². The largest absolute Gasteiger partial charge is 0.488 e. The highest BCUT2D eigenvalue weighted by atomic mass is 16.5. The summed E-state index contributed by atoms with van der Waals surface area (Å²) in [7, 11) is 0. The summed E-state index contributed by atoms with van der Waals surface area (Å²) < 4.78 is 6.40. The Labute approximate surface area is 184 Å². The second kappa shape index (κ2) is 9.35. The van der Waals surface area contributed by atoms with E-state index in [1.165, 1.54) is 0 Å². The minimum Gasteiger partial charge on any atom is -0.488 e. The number of piperidine rings is 1. The van der Waals surface area contributed by atoms with Gasteiger partial charge in [0.2, 0.25) is 5.95 Å². The van der Waals surface area contributed by atoms with Gasteiger partial charge in [-0.05, 0) is 50.5 Å². The Bertz CT molecular complexity index is 1060. The second-order valence-corrected chi connectivity index (χ2v) is 8.49. The quantitative estimate of drug-likeness (QED) is 0.583. The number of likely N-dealkylation sites (tertiary alicyclic amines) is 1. The van der Waals surface area contributed by atoms with Crippen LogP contribution in [0, 0.1) is 0 Å². The van der Waals surface area contributed by atoms with Crippen LogP contribution in [0.5, 0.6) is 5.75 Å². The Hall–Kier alpha value is -3.12. The normalized spacial score (nSPS) is 15.3. The van der Waals surface area contributed by atoms with Gasteiger partial charge in [0.1, 0.15) is 17.4 Å². The number of allylic oxidation sites excluding steroid dienone is 1. The lowest BCUT2D eigenvalue weighted by Crippen LogP contribution is -2.41. The van der Waals surface area contributed by atoms with Gasteiger partial charge in [0, 0.05) is 48.5 Å². The van der Waals surface area contributed by atoms with Crippen LogP contribution in [-0.4, -0.2) is 40.1 Å². The monoisotopic (exact) mass is 417 g/mol. The third kappa shape index (κ3) is 5.33. The molecule has 0 spiro atoms. The van der Waals surface area contributed by atoms with Crippen LogP contribution in [0.25, 0.3) is 10.9 Å². The van der Waals surface area contributed by atoms with E-state index < -0.39 is 0 Å². The first kappa shape index (κ1) is 21.1. The Morgan fingerprint density at radius 2 is 2.00 bits per heavy atom. The zero-order chi connectivity index (χ0) is 21.8. The second-order valence-electron chi connectivity index (χ2n) is 8.49. The molecule has 3 N–H and O–H groups in total. The van der Waals surface area contributed by atoms with Gasteiger partial charge in [0.15, 0.2) is 0 Å². The first-order valence-corrected chi connectivity index (χ1v) is 10.9. The molecule has 0 saturated carbocycles. The topological polar surface area (TPSA) is 76.3 Å². The van der Waals surface area contributed by atoms with E-state index >= 15 is 0 Å². The predicted molar refractivity (Wildman–Crippen MR) is 127 cm³/mol. The van der Waals surface area contributed by atoms with Gasteiger partial charge in [0.05, 0.1) is 0 Å². The molecule has 6 heteroatoms. The summed E-state index contributed by atoms with van der Waals surface area (Å²) >= 11 is 0. The molecule has 31 heavy (non-hydrogen) atoms. The molecular weight excluding hydrogens is 386 g/mol. The summed E-state index contributed by atoms with van der Waals surface area (Å²) in [6.07, 6.45) is 4.76. The maximum absolute atomic E-state index is 6.40. The minimum absolute atomic E-state index is 0.216. The third-order valence-corrected chi connectivity index (χ3v) is 5.69. The van der Waals surface area contributed by atoms with Crippen molar-refractivity contribution in [2.45, 2.75) is 45.3 Å². The molecule has 0 bridgehead atoms. The highest BCUT2D eigenvalue weighted by Crippen LogP contribution is 2.28. The molecular formula is C25H31N5O. The lowest BCUT2D eigenvalue weighted by molar-refractivity contribution is 0.0852. The van der Waals surface area contributed by atoms with Crippen LogP contribution >= 0.6 is 0 Å². The smallest absolute Gasteiger partial charge is 0.227 e. The zero-order valence-electron chi connectivity index (χ0n) is 18.3. The molecule has 0 unspecified atom stereocenters. The molecule has 1 saturated heterocycles. The fourth-order valence-electron chi connectivity index (χ4n) is 4.02. The first-order valence-electron chi connectivity index (χ1n) is 10.9. The summed E-state index contributed by atoms with van der Waals surface area (Å²) in [5.74, 6) is 1.36. The molecule has 1 aliphatic rings. The van der Waals surface area contributed by atoms with E-state index in [2.05, 4.69) is 35.6 Å². The average molecular weight is 418 g/mol. The van der Waals surface area contributed by atoms with Crippen molar-refractivity contribution >= 4 is 22.5 Å². The highest BCUT2D eigenvalue weighted by Gasteiger charge is 2.22. The van der Waals surface area contributed by atoms with Crippen molar-refractivity contribution in [3.05, 3.63) is 66.5 Å². The van der Waals surface area contributed by atoms with Crippen molar-refractivity contribution in [1.29, 1.82) is 0 Å². The van der Waals surface area contributed by atoms with Gasteiger partial charge in [0.25, 0.3) is 0 Å². The van der Waals surface area contributed by atoms with E-state index in [1.807, 2.05) is 48.7 Å². The number of ether oxygens (including phenoxy) is 1. The van der Waals surface area contributed by atoms with Crippen molar-refractivity contribution in [2.24, 2.45) is 5.73 Å². The molecule has 2 heterocycles. The maximum Gasteiger partial charge on any atom is 0.227 e. The molecule has 162 valence electrons. The van der Waals surface area contributed by atoms with Crippen LogP contribution in [0.3, 0.4) is 0 Å². The number of nitrogens with zero attached hydrogens (tertiary/aromatic N) is 3. The summed E-state index contributed by atoms with van der Waals surface area (Å²) in [4.78, 5) is 11.8. The first-order chi connectivity index (χ1) is 15.0. The van der Waals surface area contributed by atoms with E-state index in [4.69, 9.17) is 15.5 Å². The Morgan fingerprint density at radius 1 is 1.23 bits per heavy atom. The summed E-state index contributed by atoms with van der Waals surface area (Å²) in [5, 5.41) is 4.27. The number of nitrogens with two attached hydrogens (primary N) is 1. The van der Waals surface area contributed by atoms with Crippen molar-refractivity contribution in [3.63, 3.8) is 0 Å². The van der Waals surface area contributed by atoms with E-state index in [9.17, 15) is 0 Å². The fraction of sp³-hybridized carbons (Fsp3) is 0.360. The lowest BCUT2D eigenvalue weighted by atomic mass is 10.1. The molecule has 3 aromatic rings. The fourth-order valence-corrected chi connectivity index (χ4v) is 4.02. The number of anilines is 2. The molecule has 2 aromatic carbocycles. The Morgan fingerprint density at radius 3 is 2.74 bits per heavy atom. The maximum atomic E-state index is 6.40. The molecule has 1 aromatic heterocycles. The molecule has 0 atom stereocenters. The average Bonchev–Trinajstić information content (AvgIpc) is 2.74. The van der Waals surface area contributed by atoms with E-state index in [1.54, 1.807) is 0 Å². The van der Waals surface area contributed by atoms with Gasteiger partial charge in [-0.1, -0.05) is 30.8 Å². The predicted octanol–water partition coefficient (Wildman–Crippen LogP) is 4.64. The standard InChI is InChI=1S/C25H31N5O/c1-17(2)30-12-10-22(11-13-30)31-23-9-5-7-20-16-27-25(29-24(20)23)28-21-8-4-6-19(15-21)14-18(3)26/h4-9,15-17,22H,3,10-14,26H2,1-2H3,(H,27,28,29). The van der Waals surface area contributed by atoms with Crippen molar-refractivity contribution in [1.82, 2.24) is 14.9 Å². The molecule has 0 aliphatic carbocycles. The van der Waals surface area contributed by atoms with Gasteiger partial charge < -0.3 is 20.7 Å². The summed E-state index contributed by atoms with van der Waals surface area (Å²) in [6.45, 7) is 10.4. The van der Waals surface area contributed by atoms with Crippen molar-refractivity contribution < 1.29 is 4.74 Å². The van der Waals surface area contributed by atoms with Gasteiger partial charge in [-0.2, -0.15) is 0 Å². The van der Waals surface area contributed by atoms with Crippen molar-refractivity contribution in [2.75, 3.05) is 18.4 Å². The number of aromatic nitrogens is 2. The van der Waals surface area contributed by atoms with Crippen LogP contribution in [0.2, 0.25) is 0 Å². The molecule has 0 radical (unpaired) electrons. The summed E-state index contributed by atoms with van der Waals surface area (Å²) in [5.41, 5.74) is 9.23. The molecule has 1 fully saturated rings. The molecule has 4 rings (SSSR count). The number of hydrogen-bond donors (Lipinski definition) is 2. The number of benzene rings is 2. The molecule has 1 aliphatic heterocycles.